The predicted octanol–water partition coefficient (Wildman–Crippen LogP) is 8.67. The van der Waals surface area contributed by atoms with Crippen molar-refractivity contribution in [3.63, 3.8) is 0 Å². The zero-order chi connectivity index (χ0) is 31.8. The van der Waals surface area contributed by atoms with E-state index < -0.39 is 36.9 Å². The van der Waals surface area contributed by atoms with E-state index in [4.69, 9.17) is 0 Å². The van der Waals surface area contributed by atoms with E-state index in [1.165, 1.54) is 134 Å². The summed E-state index contributed by atoms with van der Waals surface area (Å²) < 4.78 is 0. The highest BCUT2D eigenvalue weighted by Crippen LogP contribution is 2.15. The molecule has 0 heterocycles. The van der Waals surface area contributed by atoms with Gasteiger partial charge in [-0.15, -0.1) is 0 Å². The number of carbonyl (C=O) groups is 1. The Morgan fingerprint density at radius 2 is 0.953 bits per heavy atom. The Bertz CT molecular complexity index is 614. The minimum Gasteiger partial charge on any atom is -0.394 e. The summed E-state index contributed by atoms with van der Waals surface area (Å²) in [5, 5.41) is 43.2. The molecule has 4 unspecified atom stereocenters. The fraction of sp³-hybridized carbons (Fsp3) is 0.919. The predicted molar refractivity (Wildman–Crippen MR) is 182 cm³/mol. The van der Waals surface area contributed by atoms with E-state index in [0.717, 1.165) is 38.5 Å². The van der Waals surface area contributed by atoms with Crippen LogP contribution < -0.4 is 5.32 Å². The molecule has 4 atom stereocenters. The van der Waals surface area contributed by atoms with Crippen molar-refractivity contribution in [2.45, 2.75) is 212 Å². The van der Waals surface area contributed by atoms with Gasteiger partial charge >= 0.3 is 0 Å². The highest BCUT2D eigenvalue weighted by atomic mass is 16.3. The van der Waals surface area contributed by atoms with Crippen LogP contribution in [-0.2, 0) is 4.79 Å². The van der Waals surface area contributed by atoms with Crippen molar-refractivity contribution < 1.29 is 25.2 Å². The molecule has 0 aliphatic heterocycles. The Balaban J connectivity index is 3.83. The van der Waals surface area contributed by atoms with Gasteiger partial charge in [0, 0.05) is 0 Å². The molecule has 0 aliphatic carbocycles. The monoisotopic (exact) mass is 612 g/mol. The lowest BCUT2D eigenvalue weighted by molar-refractivity contribution is -0.132. The van der Waals surface area contributed by atoms with Crippen LogP contribution in [0.3, 0.4) is 0 Å². The normalized spacial score (nSPS) is 14.7. The number of hydrogen-bond donors (Lipinski definition) is 5. The third-order valence-electron chi connectivity index (χ3n) is 8.73. The first kappa shape index (κ1) is 42.0. The standard InChI is InChI=1S/C37H73NO5/c1-3-5-7-9-11-13-15-16-17-18-19-21-23-25-27-29-31-35(41)37(43)38-33(32-39)36(42)34(40)30-28-26-24-22-20-14-12-10-8-6-4-2/h28,30,33-36,39-42H,3-27,29,31-32H2,1-2H3,(H,38,43)/b30-28+. The number of unbranched alkanes of at least 4 members (excludes halogenated alkanes) is 24. The summed E-state index contributed by atoms with van der Waals surface area (Å²) in [6.07, 6.45) is 32.5. The van der Waals surface area contributed by atoms with Crippen molar-refractivity contribution in [3.05, 3.63) is 12.2 Å². The second-order valence-electron chi connectivity index (χ2n) is 12.9. The molecular formula is C37H73NO5. The van der Waals surface area contributed by atoms with Crippen LogP contribution in [0.4, 0.5) is 0 Å². The van der Waals surface area contributed by atoms with E-state index in [1.54, 1.807) is 0 Å². The van der Waals surface area contributed by atoms with Crippen molar-refractivity contribution in [1.82, 2.24) is 5.32 Å². The molecule has 0 aliphatic rings. The van der Waals surface area contributed by atoms with Crippen LogP contribution in [0.25, 0.3) is 0 Å². The third-order valence-corrected chi connectivity index (χ3v) is 8.73. The topological polar surface area (TPSA) is 110 Å². The quantitative estimate of drug-likeness (QED) is 0.0377. The molecule has 43 heavy (non-hydrogen) atoms. The van der Waals surface area contributed by atoms with Crippen LogP contribution in [0.1, 0.15) is 187 Å². The summed E-state index contributed by atoms with van der Waals surface area (Å²) in [5.41, 5.74) is 0. The number of hydrogen-bond acceptors (Lipinski definition) is 5. The molecule has 0 aromatic carbocycles. The summed E-state index contributed by atoms with van der Waals surface area (Å²) in [7, 11) is 0. The highest BCUT2D eigenvalue weighted by Gasteiger charge is 2.27. The Morgan fingerprint density at radius 1 is 0.581 bits per heavy atom. The first-order valence-electron chi connectivity index (χ1n) is 18.6. The van der Waals surface area contributed by atoms with E-state index in [2.05, 4.69) is 19.2 Å². The summed E-state index contributed by atoms with van der Waals surface area (Å²) in [6, 6.07) is -1.03. The SMILES string of the molecule is CCCCCCCCCCC/C=C/C(O)C(O)C(CO)NC(=O)C(O)CCCCCCCCCCCCCCCCCC. The van der Waals surface area contributed by atoms with Crippen molar-refractivity contribution in [2.75, 3.05) is 6.61 Å². The first-order chi connectivity index (χ1) is 21.0. The number of aliphatic hydroxyl groups is 4. The Kier molecular flexibility index (Phi) is 31.7. The second kappa shape index (κ2) is 32.4. The van der Waals surface area contributed by atoms with E-state index in [9.17, 15) is 25.2 Å². The van der Waals surface area contributed by atoms with Crippen LogP contribution in [0, 0.1) is 0 Å². The molecule has 0 bridgehead atoms. The second-order valence-corrected chi connectivity index (χ2v) is 12.9. The lowest BCUT2D eigenvalue weighted by Gasteiger charge is -2.25. The Hall–Kier alpha value is -0.950. The van der Waals surface area contributed by atoms with Crippen molar-refractivity contribution in [1.29, 1.82) is 0 Å². The molecule has 0 radical (unpaired) electrons. The van der Waals surface area contributed by atoms with Crippen LogP contribution in [0.15, 0.2) is 12.2 Å². The first-order valence-corrected chi connectivity index (χ1v) is 18.6. The van der Waals surface area contributed by atoms with Gasteiger partial charge in [0.05, 0.1) is 12.6 Å². The summed E-state index contributed by atoms with van der Waals surface area (Å²) >= 11 is 0. The number of aliphatic hydroxyl groups excluding tert-OH is 4. The minimum atomic E-state index is -1.34. The molecule has 6 nitrogen and oxygen atoms in total. The average Bonchev–Trinajstić information content (AvgIpc) is 3.01. The van der Waals surface area contributed by atoms with Gasteiger partial charge in [-0.05, 0) is 19.3 Å². The van der Waals surface area contributed by atoms with Crippen LogP contribution in [-0.4, -0.2) is 57.3 Å². The van der Waals surface area contributed by atoms with E-state index in [1.807, 2.05) is 6.08 Å². The Labute approximate surface area is 266 Å². The third kappa shape index (κ3) is 27.1. The summed E-state index contributed by atoms with van der Waals surface area (Å²) in [6.45, 7) is 3.99. The van der Waals surface area contributed by atoms with Crippen LogP contribution in [0.5, 0.6) is 0 Å². The molecular weight excluding hydrogens is 538 g/mol. The Morgan fingerprint density at radius 3 is 1.35 bits per heavy atom. The van der Waals surface area contributed by atoms with Gasteiger partial charge in [-0.2, -0.15) is 0 Å². The number of nitrogens with one attached hydrogen (secondary N) is 1. The van der Waals surface area contributed by atoms with Gasteiger partial charge in [0.2, 0.25) is 5.91 Å². The molecule has 5 N–H and O–H groups in total. The molecule has 0 rings (SSSR count). The van der Waals surface area contributed by atoms with Gasteiger partial charge < -0.3 is 25.7 Å². The molecule has 6 heteroatoms. The number of allylic oxidation sites excluding steroid dienone is 1. The fourth-order valence-corrected chi connectivity index (χ4v) is 5.70. The van der Waals surface area contributed by atoms with Crippen molar-refractivity contribution in [3.8, 4) is 0 Å². The van der Waals surface area contributed by atoms with Crippen molar-refractivity contribution in [2.24, 2.45) is 0 Å². The summed E-state index contributed by atoms with van der Waals surface area (Å²) in [5.74, 6) is -0.607. The lowest BCUT2D eigenvalue weighted by atomic mass is 10.0. The van der Waals surface area contributed by atoms with Gasteiger partial charge in [-0.1, -0.05) is 180 Å². The number of amides is 1. The maximum Gasteiger partial charge on any atom is 0.249 e. The number of carbonyl (C=O) groups excluding carboxylic acids is 1. The molecule has 256 valence electrons. The maximum atomic E-state index is 12.4. The van der Waals surface area contributed by atoms with Gasteiger partial charge in [0.1, 0.15) is 18.3 Å². The molecule has 1 amide bonds. The number of rotatable bonds is 33. The molecule has 0 aromatic rings. The summed E-state index contributed by atoms with van der Waals surface area (Å²) in [4.78, 5) is 12.4. The van der Waals surface area contributed by atoms with Crippen LogP contribution in [0.2, 0.25) is 0 Å². The van der Waals surface area contributed by atoms with Gasteiger partial charge in [0.15, 0.2) is 0 Å². The van der Waals surface area contributed by atoms with E-state index in [0.29, 0.717) is 6.42 Å². The zero-order valence-electron chi connectivity index (χ0n) is 28.5. The van der Waals surface area contributed by atoms with Crippen molar-refractivity contribution >= 4 is 5.91 Å². The molecule has 0 saturated carbocycles. The molecule has 0 aromatic heterocycles. The van der Waals surface area contributed by atoms with Gasteiger partial charge in [0.25, 0.3) is 0 Å². The van der Waals surface area contributed by atoms with E-state index in [-0.39, 0.29) is 0 Å². The fourth-order valence-electron chi connectivity index (χ4n) is 5.70. The van der Waals surface area contributed by atoms with Crippen LogP contribution >= 0.6 is 0 Å². The van der Waals surface area contributed by atoms with Gasteiger partial charge in [-0.3, -0.25) is 4.79 Å². The average molecular weight is 612 g/mol. The molecule has 0 spiro atoms. The minimum absolute atomic E-state index is 0.361. The van der Waals surface area contributed by atoms with Gasteiger partial charge in [-0.25, -0.2) is 0 Å². The maximum absolute atomic E-state index is 12.4. The van der Waals surface area contributed by atoms with E-state index >= 15 is 0 Å². The molecule has 0 saturated heterocycles. The smallest absolute Gasteiger partial charge is 0.249 e. The molecule has 0 fully saturated rings. The highest BCUT2D eigenvalue weighted by molar-refractivity contribution is 5.80. The zero-order valence-corrected chi connectivity index (χ0v) is 28.5. The largest absolute Gasteiger partial charge is 0.394 e. The lowest BCUT2D eigenvalue weighted by Crippen LogP contribution is -2.52.